The van der Waals surface area contributed by atoms with E-state index in [4.69, 9.17) is 0 Å². The average Bonchev–Trinajstić information content (AvgIpc) is 2.13. The van der Waals surface area contributed by atoms with Gasteiger partial charge < -0.3 is 10.4 Å². The Kier molecular flexibility index (Phi) is 3.37. The number of hydrogen-bond donors (Lipinski definition) is 2. The zero-order valence-corrected chi connectivity index (χ0v) is 8.84. The summed E-state index contributed by atoms with van der Waals surface area (Å²) in [4.78, 5) is 0. The van der Waals surface area contributed by atoms with E-state index >= 15 is 0 Å². The molecule has 0 atom stereocenters. The Balaban J connectivity index is 2.66. The van der Waals surface area contributed by atoms with Gasteiger partial charge >= 0.3 is 6.18 Å². The molecule has 1 rings (SSSR count). The van der Waals surface area contributed by atoms with Crippen molar-refractivity contribution in [2.24, 2.45) is 0 Å². The van der Waals surface area contributed by atoms with Crippen molar-refractivity contribution in [2.75, 3.05) is 11.9 Å². The maximum absolute atomic E-state index is 12.1. The van der Waals surface area contributed by atoms with Crippen LogP contribution in [-0.4, -0.2) is 27.4 Å². The zero-order valence-electron chi connectivity index (χ0n) is 8.84. The summed E-state index contributed by atoms with van der Waals surface area (Å²) in [6.45, 7) is 3.31. The van der Waals surface area contributed by atoms with E-state index < -0.39 is 17.5 Å². The summed E-state index contributed by atoms with van der Waals surface area (Å²) in [5.74, 6) is 0.190. The van der Waals surface area contributed by atoms with Crippen molar-refractivity contribution < 1.29 is 18.3 Å². The highest BCUT2D eigenvalue weighted by Gasteiger charge is 2.32. The van der Waals surface area contributed by atoms with Crippen LogP contribution < -0.4 is 5.32 Å². The summed E-state index contributed by atoms with van der Waals surface area (Å²) in [5, 5.41) is 18.4. The van der Waals surface area contributed by atoms with Crippen LogP contribution in [0.4, 0.5) is 19.0 Å². The molecule has 1 heterocycles. The van der Waals surface area contributed by atoms with Crippen LogP contribution in [0.1, 0.15) is 19.5 Å². The van der Waals surface area contributed by atoms with E-state index in [1.807, 2.05) is 0 Å². The van der Waals surface area contributed by atoms with Crippen LogP contribution in [0.2, 0.25) is 0 Å². The number of hydrogen-bond acceptors (Lipinski definition) is 4. The predicted molar refractivity (Wildman–Crippen MR) is 51.8 cm³/mol. The molecule has 0 aliphatic rings. The van der Waals surface area contributed by atoms with E-state index in [1.165, 1.54) is 6.07 Å². The summed E-state index contributed by atoms with van der Waals surface area (Å²) in [6, 6.07) is 2.00. The standard InChI is InChI=1S/C9H12F3N3O/c1-8(2,16)5-13-7-4-3-6(14-15-7)9(10,11)12/h3-4,16H,5H2,1-2H3,(H,13,15). The molecule has 90 valence electrons. The number of alkyl halides is 3. The van der Waals surface area contributed by atoms with Crippen LogP contribution >= 0.6 is 0 Å². The lowest BCUT2D eigenvalue weighted by molar-refractivity contribution is -0.141. The Morgan fingerprint density at radius 2 is 1.88 bits per heavy atom. The van der Waals surface area contributed by atoms with Gasteiger partial charge in [-0.25, -0.2) is 0 Å². The van der Waals surface area contributed by atoms with Crippen molar-refractivity contribution in [3.63, 3.8) is 0 Å². The molecule has 1 aromatic rings. The lowest BCUT2D eigenvalue weighted by Gasteiger charge is -2.17. The monoisotopic (exact) mass is 235 g/mol. The number of aliphatic hydroxyl groups is 1. The van der Waals surface area contributed by atoms with E-state index in [-0.39, 0.29) is 12.4 Å². The van der Waals surface area contributed by atoms with Gasteiger partial charge in [0.1, 0.15) is 5.82 Å². The molecule has 16 heavy (non-hydrogen) atoms. The number of rotatable bonds is 3. The normalized spacial score (nSPS) is 12.6. The molecular weight excluding hydrogens is 223 g/mol. The van der Waals surface area contributed by atoms with Crippen molar-refractivity contribution in [3.05, 3.63) is 17.8 Å². The maximum atomic E-state index is 12.1. The topological polar surface area (TPSA) is 58.0 Å². The SMILES string of the molecule is CC(C)(O)CNc1ccc(C(F)(F)F)nn1. The minimum absolute atomic E-state index is 0.174. The molecule has 0 saturated heterocycles. The van der Waals surface area contributed by atoms with Gasteiger partial charge in [0, 0.05) is 6.54 Å². The zero-order chi connectivity index (χ0) is 12.4. The molecule has 0 amide bonds. The molecule has 2 N–H and O–H groups in total. The number of aromatic nitrogens is 2. The number of anilines is 1. The van der Waals surface area contributed by atoms with Gasteiger partial charge in [-0.15, -0.1) is 10.2 Å². The molecule has 0 bridgehead atoms. The lowest BCUT2D eigenvalue weighted by atomic mass is 10.1. The third kappa shape index (κ3) is 4.01. The highest BCUT2D eigenvalue weighted by molar-refractivity contribution is 5.33. The van der Waals surface area contributed by atoms with E-state index in [0.29, 0.717) is 0 Å². The third-order valence-electron chi connectivity index (χ3n) is 1.66. The molecule has 0 saturated carbocycles. The molecule has 0 aliphatic heterocycles. The van der Waals surface area contributed by atoms with Gasteiger partial charge in [-0.3, -0.25) is 0 Å². The van der Waals surface area contributed by atoms with E-state index in [2.05, 4.69) is 15.5 Å². The largest absolute Gasteiger partial charge is 0.435 e. The molecule has 0 unspecified atom stereocenters. The molecule has 7 heteroatoms. The second kappa shape index (κ2) is 4.25. The van der Waals surface area contributed by atoms with Crippen molar-refractivity contribution in [3.8, 4) is 0 Å². The fourth-order valence-corrected chi connectivity index (χ4v) is 0.885. The van der Waals surface area contributed by atoms with Crippen LogP contribution in [0, 0.1) is 0 Å². The van der Waals surface area contributed by atoms with E-state index in [1.54, 1.807) is 13.8 Å². The summed E-state index contributed by atoms with van der Waals surface area (Å²) in [7, 11) is 0. The highest BCUT2D eigenvalue weighted by atomic mass is 19.4. The van der Waals surface area contributed by atoms with Crippen molar-refractivity contribution >= 4 is 5.82 Å². The minimum Gasteiger partial charge on any atom is -0.389 e. The Hall–Kier alpha value is -1.37. The molecule has 4 nitrogen and oxygen atoms in total. The first-order chi connectivity index (χ1) is 7.18. The number of halogens is 3. The quantitative estimate of drug-likeness (QED) is 0.836. The Bertz CT molecular complexity index is 343. The Morgan fingerprint density at radius 1 is 1.25 bits per heavy atom. The van der Waals surface area contributed by atoms with Crippen LogP contribution in [-0.2, 0) is 6.18 Å². The highest BCUT2D eigenvalue weighted by Crippen LogP contribution is 2.27. The van der Waals surface area contributed by atoms with Gasteiger partial charge in [-0.05, 0) is 26.0 Å². The summed E-state index contributed by atoms with van der Waals surface area (Å²) in [6.07, 6.45) is -4.48. The molecule has 0 aromatic carbocycles. The summed E-state index contributed by atoms with van der Waals surface area (Å²) in [5.41, 5.74) is -2.01. The summed E-state index contributed by atoms with van der Waals surface area (Å²) < 4.78 is 36.4. The first-order valence-corrected chi connectivity index (χ1v) is 4.56. The van der Waals surface area contributed by atoms with Gasteiger partial charge in [0.05, 0.1) is 5.60 Å². The molecular formula is C9H12F3N3O. The number of nitrogens with one attached hydrogen (secondary N) is 1. The first kappa shape index (κ1) is 12.7. The van der Waals surface area contributed by atoms with Crippen molar-refractivity contribution in [2.45, 2.75) is 25.6 Å². The maximum Gasteiger partial charge on any atom is 0.435 e. The number of nitrogens with zero attached hydrogens (tertiary/aromatic N) is 2. The van der Waals surface area contributed by atoms with E-state index in [0.717, 1.165) is 6.07 Å². The fraction of sp³-hybridized carbons (Fsp3) is 0.556. The van der Waals surface area contributed by atoms with Gasteiger partial charge in [-0.1, -0.05) is 0 Å². The van der Waals surface area contributed by atoms with Gasteiger partial charge in [0.15, 0.2) is 5.69 Å². The van der Waals surface area contributed by atoms with Gasteiger partial charge in [0.2, 0.25) is 0 Å². The molecule has 0 spiro atoms. The fourth-order valence-electron chi connectivity index (χ4n) is 0.885. The third-order valence-corrected chi connectivity index (χ3v) is 1.66. The first-order valence-electron chi connectivity index (χ1n) is 4.56. The van der Waals surface area contributed by atoms with Gasteiger partial charge in [-0.2, -0.15) is 13.2 Å². The lowest BCUT2D eigenvalue weighted by Crippen LogP contribution is -2.29. The molecule has 0 radical (unpaired) electrons. The Morgan fingerprint density at radius 3 is 2.25 bits per heavy atom. The molecule has 0 aliphatic carbocycles. The second-order valence-corrected chi connectivity index (χ2v) is 3.97. The van der Waals surface area contributed by atoms with Crippen molar-refractivity contribution in [1.29, 1.82) is 0 Å². The van der Waals surface area contributed by atoms with Crippen LogP contribution in [0.3, 0.4) is 0 Å². The smallest absolute Gasteiger partial charge is 0.389 e. The van der Waals surface area contributed by atoms with Crippen LogP contribution in [0.5, 0.6) is 0 Å². The predicted octanol–water partition coefficient (Wildman–Crippen LogP) is 1.68. The van der Waals surface area contributed by atoms with Crippen LogP contribution in [0.15, 0.2) is 12.1 Å². The Labute approximate surface area is 90.5 Å². The van der Waals surface area contributed by atoms with Crippen LogP contribution in [0.25, 0.3) is 0 Å². The minimum atomic E-state index is -4.48. The van der Waals surface area contributed by atoms with Crippen molar-refractivity contribution in [1.82, 2.24) is 10.2 Å². The average molecular weight is 235 g/mol. The molecule has 0 fully saturated rings. The molecule has 1 aromatic heterocycles. The summed E-state index contributed by atoms with van der Waals surface area (Å²) >= 11 is 0. The van der Waals surface area contributed by atoms with Gasteiger partial charge in [0.25, 0.3) is 0 Å². The van der Waals surface area contributed by atoms with E-state index in [9.17, 15) is 18.3 Å². The second-order valence-electron chi connectivity index (χ2n) is 3.97.